The Balaban J connectivity index is 1.65. The Bertz CT molecular complexity index is 534. The Morgan fingerprint density at radius 1 is 1.30 bits per heavy atom. The molecular weight excluding hydrogens is 298 g/mol. The Morgan fingerprint density at radius 3 is 2.70 bits per heavy atom. The van der Waals surface area contributed by atoms with Crippen LogP contribution in [0.15, 0.2) is 24.3 Å². The summed E-state index contributed by atoms with van der Waals surface area (Å²) in [5.41, 5.74) is 7.00. The Morgan fingerprint density at radius 2 is 2.04 bits per heavy atom. The van der Waals surface area contributed by atoms with Gasteiger partial charge in [0, 0.05) is 37.0 Å². The second-order valence-electron chi connectivity index (χ2n) is 5.58. The fourth-order valence-corrected chi connectivity index (χ4v) is 2.55. The van der Waals surface area contributed by atoms with Crippen molar-refractivity contribution in [2.24, 2.45) is 0 Å². The first-order chi connectivity index (χ1) is 11.1. The van der Waals surface area contributed by atoms with Gasteiger partial charge in [0.1, 0.15) is 6.04 Å². The summed E-state index contributed by atoms with van der Waals surface area (Å²) in [5.74, 6) is -0.0124. The number of rotatable bonds is 8. The zero-order valence-corrected chi connectivity index (χ0v) is 13.2. The van der Waals surface area contributed by atoms with Gasteiger partial charge < -0.3 is 10.6 Å². The number of nitrogens with zero attached hydrogens (tertiary/aromatic N) is 1. The highest BCUT2D eigenvalue weighted by molar-refractivity contribution is 5.82. The first-order valence-corrected chi connectivity index (χ1v) is 7.87. The minimum atomic E-state index is -0.432. The molecule has 2 unspecified atom stereocenters. The van der Waals surface area contributed by atoms with E-state index in [0.717, 1.165) is 24.9 Å². The molecule has 1 fully saturated rings. The largest absolute Gasteiger partial charge is 0.383 e. The van der Waals surface area contributed by atoms with Crippen molar-refractivity contribution in [3.05, 3.63) is 34.4 Å². The number of benzene rings is 1. The van der Waals surface area contributed by atoms with Crippen LogP contribution in [-0.4, -0.2) is 36.0 Å². The third kappa shape index (κ3) is 5.19. The number of non-ortho nitro benzene ring substituents is 1. The molecule has 2 atom stereocenters. The lowest BCUT2D eigenvalue weighted by Crippen LogP contribution is -2.44. The highest BCUT2D eigenvalue weighted by atomic mass is 16.6. The van der Waals surface area contributed by atoms with Crippen molar-refractivity contribution in [3.8, 4) is 0 Å². The molecule has 1 amide bonds. The smallest absolute Gasteiger partial charge is 0.269 e. The second-order valence-corrected chi connectivity index (χ2v) is 5.58. The maximum absolute atomic E-state index is 12.0. The quantitative estimate of drug-likeness (QED) is 0.325. The SMILES string of the molecule is CCCC1CC(C(=O)NCCNc2ccc([N+](=O)[O-])cc2)NN1. The Kier molecular flexibility index (Phi) is 6.30. The topological polar surface area (TPSA) is 108 Å². The predicted molar refractivity (Wildman–Crippen MR) is 88.0 cm³/mol. The average molecular weight is 321 g/mol. The zero-order chi connectivity index (χ0) is 16.7. The monoisotopic (exact) mass is 321 g/mol. The molecule has 0 radical (unpaired) electrons. The summed E-state index contributed by atoms with van der Waals surface area (Å²) in [6, 6.07) is 6.36. The lowest BCUT2D eigenvalue weighted by molar-refractivity contribution is -0.384. The fraction of sp³-hybridized carbons (Fsp3) is 0.533. The molecule has 1 heterocycles. The summed E-state index contributed by atoms with van der Waals surface area (Å²) in [7, 11) is 0. The number of nitro benzene ring substituents is 1. The molecule has 8 heteroatoms. The molecule has 23 heavy (non-hydrogen) atoms. The zero-order valence-electron chi connectivity index (χ0n) is 13.2. The van der Waals surface area contributed by atoms with Crippen molar-refractivity contribution < 1.29 is 9.72 Å². The lowest BCUT2D eigenvalue weighted by Gasteiger charge is -2.11. The van der Waals surface area contributed by atoms with Crippen LogP contribution >= 0.6 is 0 Å². The van der Waals surface area contributed by atoms with E-state index in [9.17, 15) is 14.9 Å². The highest BCUT2D eigenvalue weighted by Gasteiger charge is 2.28. The van der Waals surface area contributed by atoms with E-state index in [-0.39, 0.29) is 17.6 Å². The van der Waals surface area contributed by atoms with Crippen LogP contribution < -0.4 is 21.5 Å². The van der Waals surface area contributed by atoms with Crippen LogP contribution in [-0.2, 0) is 4.79 Å². The molecule has 126 valence electrons. The van der Waals surface area contributed by atoms with Gasteiger partial charge in [0.15, 0.2) is 0 Å². The van der Waals surface area contributed by atoms with E-state index in [2.05, 4.69) is 28.4 Å². The summed E-state index contributed by atoms with van der Waals surface area (Å²) < 4.78 is 0. The van der Waals surface area contributed by atoms with E-state index in [1.807, 2.05) is 0 Å². The molecule has 2 rings (SSSR count). The van der Waals surface area contributed by atoms with Crippen LogP contribution in [0.2, 0.25) is 0 Å². The van der Waals surface area contributed by atoms with Crippen molar-refractivity contribution in [1.82, 2.24) is 16.2 Å². The molecule has 1 aliphatic heterocycles. The number of hydrazine groups is 1. The third-order valence-electron chi connectivity index (χ3n) is 3.77. The van der Waals surface area contributed by atoms with Gasteiger partial charge in [-0.2, -0.15) is 0 Å². The molecular formula is C15H23N5O3. The van der Waals surface area contributed by atoms with Gasteiger partial charge in [-0.25, -0.2) is 5.43 Å². The van der Waals surface area contributed by atoms with Crippen LogP contribution in [0.1, 0.15) is 26.2 Å². The minimum Gasteiger partial charge on any atom is -0.383 e. The molecule has 1 saturated heterocycles. The fourth-order valence-electron chi connectivity index (χ4n) is 2.55. The van der Waals surface area contributed by atoms with Gasteiger partial charge >= 0.3 is 0 Å². The van der Waals surface area contributed by atoms with E-state index in [1.54, 1.807) is 12.1 Å². The van der Waals surface area contributed by atoms with Crippen LogP contribution in [0.25, 0.3) is 0 Å². The molecule has 0 saturated carbocycles. The summed E-state index contributed by atoms with van der Waals surface area (Å²) in [4.78, 5) is 22.1. The number of nitrogens with one attached hydrogen (secondary N) is 4. The number of carbonyl (C=O) groups is 1. The Labute approximate surface area is 135 Å². The molecule has 1 aromatic rings. The number of amides is 1. The Hall–Kier alpha value is -2.19. The van der Waals surface area contributed by atoms with E-state index >= 15 is 0 Å². The number of nitro groups is 1. The van der Waals surface area contributed by atoms with Crippen molar-refractivity contribution in [1.29, 1.82) is 0 Å². The molecule has 1 aromatic carbocycles. The summed E-state index contributed by atoms with van der Waals surface area (Å²) >= 11 is 0. The second kappa shape index (κ2) is 8.44. The summed E-state index contributed by atoms with van der Waals surface area (Å²) in [6.45, 7) is 3.17. The molecule has 1 aliphatic rings. The molecule has 8 nitrogen and oxygen atoms in total. The van der Waals surface area contributed by atoms with Crippen LogP contribution in [0.5, 0.6) is 0 Å². The molecule has 4 N–H and O–H groups in total. The van der Waals surface area contributed by atoms with Crippen LogP contribution in [0.4, 0.5) is 11.4 Å². The minimum absolute atomic E-state index is 0.0124. The normalized spacial score (nSPS) is 20.2. The van der Waals surface area contributed by atoms with Gasteiger partial charge in [0.05, 0.1) is 4.92 Å². The molecule has 0 spiro atoms. The van der Waals surface area contributed by atoms with Gasteiger partial charge in [-0.1, -0.05) is 13.3 Å². The number of hydrogen-bond acceptors (Lipinski definition) is 6. The van der Waals surface area contributed by atoms with E-state index in [1.165, 1.54) is 12.1 Å². The first kappa shape index (κ1) is 17.2. The molecule has 0 bridgehead atoms. The number of hydrogen-bond donors (Lipinski definition) is 4. The molecule has 0 aliphatic carbocycles. The van der Waals surface area contributed by atoms with E-state index < -0.39 is 4.92 Å². The van der Waals surface area contributed by atoms with Gasteiger partial charge in [-0.05, 0) is 25.0 Å². The standard InChI is InChI=1S/C15H23N5O3/c1-2-3-12-10-14(19-18-12)15(21)17-9-8-16-11-4-6-13(7-5-11)20(22)23/h4-7,12,14,16,18-19H,2-3,8-10H2,1H3,(H,17,21). The van der Waals surface area contributed by atoms with Crippen LogP contribution in [0.3, 0.4) is 0 Å². The van der Waals surface area contributed by atoms with Gasteiger partial charge in [-0.3, -0.25) is 20.3 Å². The average Bonchev–Trinajstić information content (AvgIpc) is 3.01. The van der Waals surface area contributed by atoms with Crippen LogP contribution in [0, 0.1) is 10.1 Å². The van der Waals surface area contributed by atoms with Crippen molar-refractivity contribution in [2.75, 3.05) is 18.4 Å². The maximum Gasteiger partial charge on any atom is 0.269 e. The number of carbonyl (C=O) groups excluding carboxylic acids is 1. The van der Waals surface area contributed by atoms with Gasteiger partial charge in [0.2, 0.25) is 5.91 Å². The lowest BCUT2D eigenvalue weighted by atomic mass is 10.1. The maximum atomic E-state index is 12.0. The van der Waals surface area contributed by atoms with Crippen molar-refractivity contribution in [3.63, 3.8) is 0 Å². The third-order valence-corrected chi connectivity index (χ3v) is 3.77. The van der Waals surface area contributed by atoms with E-state index in [4.69, 9.17) is 0 Å². The van der Waals surface area contributed by atoms with E-state index in [0.29, 0.717) is 19.1 Å². The van der Waals surface area contributed by atoms with Gasteiger partial charge in [0.25, 0.3) is 5.69 Å². The van der Waals surface area contributed by atoms with Crippen molar-refractivity contribution in [2.45, 2.75) is 38.3 Å². The van der Waals surface area contributed by atoms with Gasteiger partial charge in [-0.15, -0.1) is 0 Å². The predicted octanol–water partition coefficient (Wildman–Crippen LogP) is 1.16. The summed E-state index contributed by atoms with van der Waals surface area (Å²) in [6.07, 6.45) is 2.95. The highest BCUT2D eigenvalue weighted by Crippen LogP contribution is 2.15. The molecule has 0 aromatic heterocycles. The number of anilines is 1. The van der Waals surface area contributed by atoms with Crippen molar-refractivity contribution >= 4 is 17.3 Å². The summed E-state index contributed by atoms with van der Waals surface area (Å²) in [5, 5.41) is 16.6. The first-order valence-electron chi connectivity index (χ1n) is 7.87.